The summed E-state index contributed by atoms with van der Waals surface area (Å²) in [5.41, 5.74) is 6.74. The van der Waals surface area contributed by atoms with Crippen molar-refractivity contribution in [2.45, 2.75) is 20.3 Å². The molecule has 1 heterocycles. The molecule has 0 bridgehead atoms. The van der Waals surface area contributed by atoms with E-state index in [1.165, 1.54) is 0 Å². The van der Waals surface area contributed by atoms with Crippen LogP contribution in [0.15, 0.2) is 12.1 Å². The van der Waals surface area contributed by atoms with E-state index in [0.29, 0.717) is 21.3 Å². The number of hydrogen-bond acceptors (Lipinski definition) is 2. The Morgan fingerprint density at radius 3 is 2.56 bits per heavy atom. The van der Waals surface area contributed by atoms with E-state index in [1.54, 1.807) is 12.1 Å². The van der Waals surface area contributed by atoms with Gasteiger partial charge in [0.15, 0.2) is 0 Å². The second-order valence-corrected chi connectivity index (χ2v) is 6.29. The third kappa shape index (κ3) is 2.57. The smallest absolute Gasteiger partial charge is 0.254 e. The number of benzene rings is 1. The second-order valence-electron chi connectivity index (χ2n) is 5.50. The van der Waals surface area contributed by atoms with E-state index in [0.717, 1.165) is 19.5 Å². The van der Waals surface area contributed by atoms with Gasteiger partial charge in [-0.15, -0.1) is 0 Å². The predicted molar refractivity (Wildman–Crippen MR) is 75.2 cm³/mol. The number of likely N-dealkylation sites (tertiary alicyclic amines) is 1. The molecule has 1 saturated heterocycles. The van der Waals surface area contributed by atoms with Gasteiger partial charge in [0.05, 0.1) is 15.7 Å². The van der Waals surface area contributed by atoms with Crippen LogP contribution >= 0.6 is 23.2 Å². The Balaban J connectivity index is 2.25. The maximum absolute atomic E-state index is 12.3. The molecular formula is C13H16Cl2N2O. The van der Waals surface area contributed by atoms with Gasteiger partial charge in [0.2, 0.25) is 0 Å². The van der Waals surface area contributed by atoms with Crippen LogP contribution in [-0.4, -0.2) is 23.9 Å². The van der Waals surface area contributed by atoms with Crippen LogP contribution in [0.1, 0.15) is 30.6 Å². The summed E-state index contributed by atoms with van der Waals surface area (Å²) in [6.45, 7) is 5.84. The van der Waals surface area contributed by atoms with E-state index in [4.69, 9.17) is 28.9 Å². The number of anilines is 1. The van der Waals surface area contributed by atoms with Crippen LogP contribution in [-0.2, 0) is 0 Å². The quantitative estimate of drug-likeness (QED) is 0.804. The lowest BCUT2D eigenvalue weighted by atomic mass is 9.93. The number of carbonyl (C=O) groups is 1. The zero-order valence-electron chi connectivity index (χ0n) is 10.5. The van der Waals surface area contributed by atoms with Gasteiger partial charge in [0, 0.05) is 18.7 Å². The normalized spacial score (nSPS) is 18.1. The number of rotatable bonds is 1. The maximum Gasteiger partial charge on any atom is 0.254 e. The molecule has 2 rings (SSSR count). The van der Waals surface area contributed by atoms with Gasteiger partial charge in [-0.05, 0) is 24.0 Å². The Morgan fingerprint density at radius 1 is 1.39 bits per heavy atom. The SMILES string of the molecule is CC1(C)CCN(C(=O)c2cc(N)c(Cl)c(Cl)c2)C1. The van der Waals surface area contributed by atoms with Crippen molar-refractivity contribution in [1.29, 1.82) is 0 Å². The molecule has 3 nitrogen and oxygen atoms in total. The number of carbonyl (C=O) groups excluding carboxylic acids is 1. The molecule has 98 valence electrons. The van der Waals surface area contributed by atoms with E-state index in [9.17, 15) is 4.79 Å². The van der Waals surface area contributed by atoms with Crippen LogP contribution < -0.4 is 5.73 Å². The number of hydrogen-bond donors (Lipinski definition) is 1. The summed E-state index contributed by atoms with van der Waals surface area (Å²) in [6.07, 6.45) is 1.01. The van der Waals surface area contributed by atoms with Crippen LogP contribution in [0.5, 0.6) is 0 Å². The molecule has 0 aliphatic carbocycles. The third-order valence-electron chi connectivity index (χ3n) is 3.27. The van der Waals surface area contributed by atoms with Crippen LogP contribution in [0.25, 0.3) is 0 Å². The van der Waals surface area contributed by atoms with Crippen molar-refractivity contribution < 1.29 is 4.79 Å². The second kappa shape index (κ2) is 4.63. The summed E-state index contributed by atoms with van der Waals surface area (Å²) in [5, 5.41) is 0.619. The molecule has 5 heteroatoms. The minimum atomic E-state index is -0.0363. The van der Waals surface area contributed by atoms with Crippen LogP contribution in [0, 0.1) is 5.41 Å². The molecular weight excluding hydrogens is 271 g/mol. The Morgan fingerprint density at radius 2 is 2.06 bits per heavy atom. The fraction of sp³-hybridized carbons (Fsp3) is 0.462. The first kappa shape index (κ1) is 13.5. The third-order valence-corrected chi connectivity index (χ3v) is 4.08. The Bertz CT molecular complexity index is 477. The highest BCUT2D eigenvalue weighted by molar-refractivity contribution is 6.43. The average Bonchev–Trinajstić information content (AvgIpc) is 2.65. The molecule has 1 fully saturated rings. The summed E-state index contributed by atoms with van der Waals surface area (Å²) < 4.78 is 0. The van der Waals surface area contributed by atoms with Crippen LogP contribution in [0.3, 0.4) is 0 Å². The Hall–Kier alpha value is -0.930. The van der Waals surface area contributed by atoms with Crippen LogP contribution in [0.2, 0.25) is 10.0 Å². The fourth-order valence-electron chi connectivity index (χ4n) is 2.20. The van der Waals surface area contributed by atoms with Crippen molar-refractivity contribution in [1.82, 2.24) is 4.90 Å². The van der Waals surface area contributed by atoms with Gasteiger partial charge in [-0.3, -0.25) is 4.79 Å². The van der Waals surface area contributed by atoms with Gasteiger partial charge in [0.1, 0.15) is 0 Å². The molecule has 0 saturated carbocycles. The van der Waals surface area contributed by atoms with Crippen LogP contribution in [0.4, 0.5) is 5.69 Å². The zero-order chi connectivity index (χ0) is 13.5. The molecule has 0 radical (unpaired) electrons. The number of halogens is 2. The molecule has 1 aliphatic heterocycles. The molecule has 1 aliphatic rings. The molecule has 0 aromatic heterocycles. The molecule has 1 aromatic carbocycles. The average molecular weight is 287 g/mol. The van der Waals surface area contributed by atoms with Gasteiger partial charge in [-0.25, -0.2) is 0 Å². The van der Waals surface area contributed by atoms with Gasteiger partial charge in [0.25, 0.3) is 5.91 Å². The Kier molecular flexibility index (Phi) is 3.47. The van der Waals surface area contributed by atoms with Gasteiger partial charge < -0.3 is 10.6 Å². The van der Waals surface area contributed by atoms with E-state index >= 15 is 0 Å². The van der Waals surface area contributed by atoms with Crippen molar-refractivity contribution in [2.75, 3.05) is 18.8 Å². The number of nitrogens with zero attached hydrogens (tertiary/aromatic N) is 1. The predicted octanol–water partition coefficient (Wildman–Crippen LogP) is 3.45. The van der Waals surface area contributed by atoms with Crippen molar-refractivity contribution in [2.24, 2.45) is 5.41 Å². The number of amides is 1. The summed E-state index contributed by atoms with van der Waals surface area (Å²) in [6, 6.07) is 3.16. The van der Waals surface area contributed by atoms with E-state index in [2.05, 4.69) is 13.8 Å². The number of nitrogen functional groups attached to an aromatic ring is 1. The molecule has 1 aromatic rings. The summed E-state index contributed by atoms with van der Waals surface area (Å²) in [5.74, 6) is -0.0363. The molecule has 18 heavy (non-hydrogen) atoms. The largest absolute Gasteiger partial charge is 0.397 e. The lowest BCUT2D eigenvalue weighted by Crippen LogP contribution is -2.30. The molecule has 0 atom stereocenters. The molecule has 1 amide bonds. The standard InChI is InChI=1S/C13H16Cl2N2O/c1-13(2)3-4-17(7-13)12(18)8-5-9(14)11(15)10(16)6-8/h5-6H,3-4,7,16H2,1-2H3. The van der Waals surface area contributed by atoms with Gasteiger partial charge >= 0.3 is 0 Å². The fourth-order valence-corrected chi connectivity index (χ4v) is 2.54. The summed E-state index contributed by atoms with van der Waals surface area (Å²) in [4.78, 5) is 14.2. The maximum atomic E-state index is 12.3. The van der Waals surface area contributed by atoms with E-state index in [1.807, 2.05) is 4.90 Å². The van der Waals surface area contributed by atoms with Crippen molar-refractivity contribution in [3.05, 3.63) is 27.7 Å². The molecule has 2 N–H and O–H groups in total. The minimum Gasteiger partial charge on any atom is -0.397 e. The minimum absolute atomic E-state index is 0.0363. The number of nitrogens with two attached hydrogens (primary N) is 1. The highest BCUT2D eigenvalue weighted by Gasteiger charge is 2.32. The molecule has 0 unspecified atom stereocenters. The van der Waals surface area contributed by atoms with E-state index < -0.39 is 0 Å². The lowest BCUT2D eigenvalue weighted by Gasteiger charge is -2.20. The monoisotopic (exact) mass is 286 g/mol. The first-order chi connectivity index (χ1) is 8.30. The zero-order valence-corrected chi connectivity index (χ0v) is 12.0. The lowest BCUT2D eigenvalue weighted by molar-refractivity contribution is 0.0778. The molecule has 0 spiro atoms. The van der Waals surface area contributed by atoms with Gasteiger partial charge in [-0.2, -0.15) is 0 Å². The van der Waals surface area contributed by atoms with Gasteiger partial charge in [-0.1, -0.05) is 37.0 Å². The topological polar surface area (TPSA) is 46.3 Å². The first-order valence-electron chi connectivity index (χ1n) is 5.84. The summed E-state index contributed by atoms with van der Waals surface area (Å²) in [7, 11) is 0. The first-order valence-corrected chi connectivity index (χ1v) is 6.59. The van der Waals surface area contributed by atoms with Crippen molar-refractivity contribution >= 4 is 34.8 Å². The van der Waals surface area contributed by atoms with Crippen molar-refractivity contribution in [3.8, 4) is 0 Å². The Labute approximate surface area is 117 Å². The summed E-state index contributed by atoms with van der Waals surface area (Å²) >= 11 is 11.8. The highest BCUT2D eigenvalue weighted by atomic mass is 35.5. The van der Waals surface area contributed by atoms with Crippen molar-refractivity contribution in [3.63, 3.8) is 0 Å². The van der Waals surface area contributed by atoms with E-state index in [-0.39, 0.29) is 11.3 Å². The highest BCUT2D eigenvalue weighted by Crippen LogP contribution is 2.33.